The van der Waals surface area contributed by atoms with Crippen LogP contribution < -0.4 is 0 Å². The Morgan fingerprint density at radius 3 is 1.19 bits per heavy atom. The second-order valence-electron chi connectivity index (χ2n) is 8.94. The Morgan fingerprint density at radius 1 is 0.562 bits per heavy atom. The zero-order valence-corrected chi connectivity index (χ0v) is 20.0. The van der Waals surface area contributed by atoms with Crippen molar-refractivity contribution < 1.29 is 0 Å². The van der Waals surface area contributed by atoms with E-state index in [1.54, 1.807) is 0 Å². The van der Waals surface area contributed by atoms with Crippen LogP contribution in [0, 0.1) is 0 Å². The second kappa shape index (κ2) is 11.1. The highest BCUT2D eigenvalue weighted by Crippen LogP contribution is 2.38. The lowest BCUT2D eigenvalue weighted by Crippen LogP contribution is -2.26. The maximum absolute atomic E-state index is 4.42. The lowest BCUT2D eigenvalue weighted by Gasteiger charge is -2.33. The van der Waals surface area contributed by atoms with E-state index >= 15 is 0 Å². The third-order valence-corrected chi connectivity index (χ3v) is 6.20. The van der Waals surface area contributed by atoms with Crippen molar-refractivity contribution in [2.24, 2.45) is 0 Å². The van der Waals surface area contributed by atoms with E-state index in [-0.39, 0.29) is 12.1 Å². The van der Waals surface area contributed by atoms with Gasteiger partial charge in [0.1, 0.15) is 0 Å². The van der Waals surface area contributed by atoms with Crippen molar-refractivity contribution >= 4 is 11.1 Å². The molecule has 0 aliphatic rings. The van der Waals surface area contributed by atoms with Gasteiger partial charge >= 0.3 is 0 Å². The number of rotatable bonds is 10. The van der Waals surface area contributed by atoms with Crippen LogP contribution in [0.15, 0.2) is 98.1 Å². The Labute approximate surface area is 194 Å². The molecule has 3 rings (SSSR count). The van der Waals surface area contributed by atoms with Gasteiger partial charge < -0.3 is 9.80 Å². The van der Waals surface area contributed by atoms with E-state index in [0.29, 0.717) is 0 Å². The Hall–Kier alpha value is -2.94. The van der Waals surface area contributed by atoms with Crippen LogP contribution in [0.3, 0.4) is 0 Å². The Kier molecular flexibility index (Phi) is 8.21. The average Bonchev–Trinajstić information content (AvgIpc) is 2.81. The first-order chi connectivity index (χ1) is 15.4. The van der Waals surface area contributed by atoms with E-state index < -0.39 is 0 Å². The van der Waals surface area contributed by atoms with Crippen LogP contribution >= 0.6 is 0 Å². The van der Waals surface area contributed by atoms with Gasteiger partial charge in [0.2, 0.25) is 0 Å². The summed E-state index contributed by atoms with van der Waals surface area (Å²) >= 11 is 0. The molecule has 0 N–H and O–H groups in total. The van der Waals surface area contributed by atoms with E-state index in [9.17, 15) is 0 Å². The predicted octanol–water partition coefficient (Wildman–Crippen LogP) is 7.10. The van der Waals surface area contributed by atoms with Crippen molar-refractivity contribution in [1.29, 1.82) is 0 Å². The van der Waals surface area contributed by atoms with Crippen LogP contribution in [0.2, 0.25) is 0 Å². The van der Waals surface area contributed by atoms with Crippen molar-refractivity contribution in [3.63, 3.8) is 0 Å². The summed E-state index contributed by atoms with van der Waals surface area (Å²) in [5.74, 6) is 0. The molecule has 0 aliphatic carbocycles. The molecular weight excluding hydrogens is 388 g/mol. The van der Waals surface area contributed by atoms with Crippen molar-refractivity contribution in [2.75, 3.05) is 28.2 Å². The van der Waals surface area contributed by atoms with Crippen molar-refractivity contribution in [2.45, 2.75) is 24.9 Å². The molecule has 0 bridgehead atoms. The number of nitrogens with zero attached hydrogens (tertiary/aromatic N) is 2. The van der Waals surface area contributed by atoms with E-state index in [2.05, 4.69) is 136 Å². The summed E-state index contributed by atoms with van der Waals surface area (Å²) in [6.45, 7) is 8.84. The van der Waals surface area contributed by atoms with Crippen molar-refractivity contribution in [3.05, 3.63) is 120 Å². The van der Waals surface area contributed by atoms with Gasteiger partial charge in [-0.25, -0.2) is 0 Å². The lowest BCUT2D eigenvalue weighted by molar-refractivity contribution is 0.279. The van der Waals surface area contributed by atoms with Gasteiger partial charge in [0.05, 0.1) is 0 Å². The molecule has 3 aromatic rings. The molecule has 2 nitrogen and oxygen atoms in total. The summed E-state index contributed by atoms with van der Waals surface area (Å²) in [5.41, 5.74) is 7.45. The summed E-state index contributed by atoms with van der Waals surface area (Å²) in [6, 6.07) is 30.4. The van der Waals surface area contributed by atoms with E-state index in [1.165, 1.54) is 22.3 Å². The van der Waals surface area contributed by atoms with Crippen LogP contribution in [-0.4, -0.2) is 38.0 Å². The summed E-state index contributed by atoms with van der Waals surface area (Å²) in [7, 11) is 8.64. The minimum atomic E-state index is 0.242. The van der Waals surface area contributed by atoms with Crippen molar-refractivity contribution in [1.82, 2.24) is 9.80 Å². The quantitative estimate of drug-likeness (QED) is 0.342. The highest BCUT2D eigenvalue weighted by molar-refractivity contribution is 5.65. The summed E-state index contributed by atoms with van der Waals surface area (Å²) in [5, 5.41) is 0. The fraction of sp³-hybridized carbons (Fsp3) is 0.267. The molecule has 0 aliphatic heterocycles. The monoisotopic (exact) mass is 424 g/mol. The Balaban J connectivity index is 1.93. The molecule has 0 amide bonds. The molecule has 32 heavy (non-hydrogen) atoms. The molecule has 0 fully saturated rings. The first kappa shape index (κ1) is 23.7. The predicted molar refractivity (Wildman–Crippen MR) is 139 cm³/mol. The molecule has 0 saturated heterocycles. The molecule has 0 saturated carbocycles. The fourth-order valence-corrected chi connectivity index (χ4v) is 4.31. The van der Waals surface area contributed by atoms with Crippen molar-refractivity contribution in [3.8, 4) is 0 Å². The third-order valence-electron chi connectivity index (χ3n) is 6.20. The minimum absolute atomic E-state index is 0.242. The largest absolute Gasteiger partial charge is 0.302 e. The highest BCUT2D eigenvalue weighted by atomic mass is 15.1. The molecule has 2 unspecified atom stereocenters. The van der Waals surface area contributed by atoms with Gasteiger partial charge in [-0.2, -0.15) is 0 Å². The second-order valence-corrected chi connectivity index (χ2v) is 8.94. The van der Waals surface area contributed by atoms with Gasteiger partial charge in [-0.1, -0.05) is 98.1 Å². The number of hydrogen-bond donors (Lipinski definition) is 0. The van der Waals surface area contributed by atoms with Gasteiger partial charge in [-0.05, 0) is 74.4 Å². The maximum Gasteiger partial charge on any atom is 0.0385 e. The zero-order valence-electron chi connectivity index (χ0n) is 20.0. The number of hydrogen-bond acceptors (Lipinski definition) is 2. The average molecular weight is 425 g/mol. The molecule has 0 aromatic heterocycles. The molecule has 2 heteroatoms. The molecule has 0 heterocycles. The fourth-order valence-electron chi connectivity index (χ4n) is 4.31. The van der Waals surface area contributed by atoms with Crippen LogP contribution in [0.1, 0.15) is 47.2 Å². The Bertz CT molecular complexity index is 934. The Morgan fingerprint density at radius 2 is 0.875 bits per heavy atom. The molecule has 2 atom stereocenters. The summed E-state index contributed by atoms with van der Waals surface area (Å²) in [4.78, 5) is 4.62. The first-order valence-electron chi connectivity index (χ1n) is 11.3. The minimum Gasteiger partial charge on any atom is -0.302 e. The van der Waals surface area contributed by atoms with E-state index in [1.807, 2.05) is 0 Å². The van der Waals surface area contributed by atoms with Crippen LogP contribution in [-0.2, 0) is 0 Å². The molecule has 0 radical (unpaired) electrons. The SMILES string of the molecule is C=C(CC(c1ccccc1C(CC(=C)c1ccccc1)N(C)C)N(C)C)c1ccccc1. The van der Waals surface area contributed by atoms with Gasteiger partial charge in [-0.15, -0.1) is 0 Å². The molecule has 166 valence electrons. The lowest BCUT2D eigenvalue weighted by atomic mass is 9.86. The molecular formula is C30H36N2. The van der Waals surface area contributed by atoms with Crippen LogP contribution in [0.5, 0.6) is 0 Å². The number of benzene rings is 3. The normalized spacial score (nSPS) is 13.2. The summed E-state index contributed by atoms with van der Waals surface area (Å²) < 4.78 is 0. The van der Waals surface area contributed by atoms with Gasteiger partial charge in [-0.3, -0.25) is 0 Å². The molecule has 3 aromatic carbocycles. The first-order valence-corrected chi connectivity index (χ1v) is 11.3. The van der Waals surface area contributed by atoms with Gasteiger partial charge in [0.25, 0.3) is 0 Å². The smallest absolute Gasteiger partial charge is 0.0385 e. The topological polar surface area (TPSA) is 6.48 Å². The van der Waals surface area contributed by atoms with Crippen LogP contribution in [0.4, 0.5) is 0 Å². The summed E-state index contributed by atoms with van der Waals surface area (Å²) in [6.07, 6.45) is 1.77. The maximum atomic E-state index is 4.42. The van der Waals surface area contributed by atoms with Gasteiger partial charge in [0.15, 0.2) is 0 Å². The highest BCUT2D eigenvalue weighted by Gasteiger charge is 2.25. The molecule has 0 spiro atoms. The van der Waals surface area contributed by atoms with Gasteiger partial charge in [0, 0.05) is 12.1 Å². The zero-order chi connectivity index (χ0) is 23.1. The van der Waals surface area contributed by atoms with Crippen LogP contribution in [0.25, 0.3) is 11.1 Å². The van der Waals surface area contributed by atoms with E-state index in [4.69, 9.17) is 0 Å². The standard InChI is InChI=1S/C30H36N2/c1-23(25-15-9-7-10-16-25)21-29(31(3)4)27-19-13-14-20-28(27)30(32(5)6)22-24(2)26-17-11-8-12-18-26/h7-20,29-30H,1-2,21-22H2,3-6H3. The van der Waals surface area contributed by atoms with E-state index in [0.717, 1.165) is 24.0 Å². The third kappa shape index (κ3) is 5.85.